The lowest BCUT2D eigenvalue weighted by atomic mass is 9.88. The summed E-state index contributed by atoms with van der Waals surface area (Å²) in [6, 6.07) is 15.6. The smallest absolute Gasteiger partial charge is 0.306 e. The van der Waals surface area contributed by atoms with E-state index in [0.717, 1.165) is 11.1 Å². The molecule has 1 aliphatic rings. The van der Waals surface area contributed by atoms with Gasteiger partial charge in [-0.15, -0.1) is 0 Å². The summed E-state index contributed by atoms with van der Waals surface area (Å²) in [5, 5.41) is 0. The molecule has 3 rings (SSSR count). The van der Waals surface area contributed by atoms with Crippen LogP contribution < -0.4 is 4.72 Å². The Bertz CT molecular complexity index is 816. The largest absolute Gasteiger partial charge is 0.464 e. The quantitative estimate of drug-likeness (QED) is 0.864. The molecule has 24 heavy (non-hydrogen) atoms. The lowest BCUT2D eigenvalue weighted by Crippen LogP contribution is -2.46. The van der Waals surface area contributed by atoms with E-state index in [0.29, 0.717) is 0 Å². The Morgan fingerprint density at radius 1 is 1.04 bits per heavy atom. The Kier molecular flexibility index (Phi) is 4.69. The third kappa shape index (κ3) is 3.66. The van der Waals surface area contributed by atoms with Crippen molar-refractivity contribution < 1.29 is 17.9 Å². The first-order valence-electron chi connectivity index (χ1n) is 7.75. The topological polar surface area (TPSA) is 72.5 Å². The van der Waals surface area contributed by atoms with Crippen LogP contribution in [0.5, 0.6) is 0 Å². The zero-order valence-electron chi connectivity index (χ0n) is 13.3. The molecule has 126 valence electrons. The highest BCUT2D eigenvalue weighted by molar-refractivity contribution is 7.89. The van der Waals surface area contributed by atoms with Gasteiger partial charge in [0.1, 0.15) is 6.61 Å². The summed E-state index contributed by atoms with van der Waals surface area (Å²) in [5.41, 5.74) is 1.91. The second-order valence-electron chi connectivity index (χ2n) is 5.95. The first-order chi connectivity index (χ1) is 11.5. The molecule has 1 N–H and O–H groups in total. The summed E-state index contributed by atoms with van der Waals surface area (Å²) in [6.45, 7) is 1.93. The summed E-state index contributed by atoms with van der Waals surface area (Å²) in [6.07, 6.45) is 0.158. The summed E-state index contributed by atoms with van der Waals surface area (Å²) >= 11 is 0. The normalized spacial score (nSPS) is 21.3. The zero-order chi connectivity index (χ0) is 17.2. The van der Waals surface area contributed by atoms with E-state index < -0.39 is 16.1 Å². The van der Waals surface area contributed by atoms with Crippen LogP contribution in [-0.4, -0.2) is 27.0 Å². The summed E-state index contributed by atoms with van der Waals surface area (Å²) in [4.78, 5) is 11.9. The predicted molar refractivity (Wildman–Crippen MR) is 90.0 cm³/mol. The molecule has 2 aromatic rings. The Labute approximate surface area is 141 Å². The minimum absolute atomic E-state index is 0.0312. The molecule has 0 amide bonds. The van der Waals surface area contributed by atoms with Gasteiger partial charge in [-0.3, -0.25) is 4.79 Å². The highest BCUT2D eigenvalue weighted by Crippen LogP contribution is 2.29. The molecule has 0 radical (unpaired) electrons. The standard InChI is InChI=1S/C18H19NO4S/c1-13-7-9-15(10-8-13)24(21,22)19-17-12-23-18(20)11-16(17)14-5-3-2-4-6-14/h2-10,16-17,19H,11-12H2,1H3/t16-,17-/m1/s1. The molecular weight excluding hydrogens is 326 g/mol. The number of hydrogen-bond donors (Lipinski definition) is 1. The summed E-state index contributed by atoms with van der Waals surface area (Å²) < 4.78 is 33.0. The molecule has 2 atom stereocenters. The van der Waals surface area contributed by atoms with Crippen LogP contribution in [0.4, 0.5) is 0 Å². The molecule has 0 spiro atoms. The van der Waals surface area contributed by atoms with Crippen LogP contribution >= 0.6 is 0 Å². The molecule has 0 aliphatic carbocycles. The van der Waals surface area contributed by atoms with E-state index in [4.69, 9.17) is 4.74 Å². The molecule has 1 fully saturated rings. The molecule has 0 saturated carbocycles. The van der Waals surface area contributed by atoms with Gasteiger partial charge in [-0.25, -0.2) is 13.1 Å². The van der Waals surface area contributed by atoms with E-state index in [1.165, 1.54) is 0 Å². The Morgan fingerprint density at radius 2 is 1.71 bits per heavy atom. The Balaban J connectivity index is 1.86. The Morgan fingerprint density at radius 3 is 2.38 bits per heavy atom. The highest BCUT2D eigenvalue weighted by Gasteiger charge is 2.34. The minimum Gasteiger partial charge on any atom is -0.464 e. The molecular formula is C18H19NO4S. The van der Waals surface area contributed by atoms with Crippen LogP contribution in [-0.2, 0) is 19.6 Å². The molecule has 5 nitrogen and oxygen atoms in total. The summed E-state index contributed by atoms with van der Waals surface area (Å²) in [5.74, 6) is -0.553. The van der Waals surface area contributed by atoms with Crippen molar-refractivity contribution in [2.75, 3.05) is 6.61 Å². The molecule has 6 heteroatoms. The predicted octanol–water partition coefficient (Wildman–Crippen LogP) is 2.37. The number of carbonyl (C=O) groups excluding carboxylic acids is 1. The van der Waals surface area contributed by atoms with Gasteiger partial charge in [0.15, 0.2) is 0 Å². The van der Waals surface area contributed by atoms with Crippen molar-refractivity contribution in [3.05, 3.63) is 65.7 Å². The zero-order valence-corrected chi connectivity index (χ0v) is 14.1. The third-order valence-electron chi connectivity index (χ3n) is 4.16. The van der Waals surface area contributed by atoms with Crippen molar-refractivity contribution in [3.63, 3.8) is 0 Å². The van der Waals surface area contributed by atoms with Crippen LogP contribution in [0.2, 0.25) is 0 Å². The van der Waals surface area contributed by atoms with Crippen molar-refractivity contribution in [1.82, 2.24) is 4.72 Å². The van der Waals surface area contributed by atoms with E-state index in [2.05, 4.69) is 4.72 Å². The number of esters is 1. The number of aryl methyl sites for hydroxylation is 1. The van der Waals surface area contributed by atoms with Gasteiger partial charge >= 0.3 is 5.97 Å². The van der Waals surface area contributed by atoms with E-state index in [1.807, 2.05) is 37.3 Å². The van der Waals surface area contributed by atoms with Crippen LogP contribution in [0.3, 0.4) is 0 Å². The molecule has 2 aromatic carbocycles. The Hall–Kier alpha value is -2.18. The number of ether oxygens (including phenoxy) is 1. The van der Waals surface area contributed by atoms with Crippen molar-refractivity contribution in [1.29, 1.82) is 0 Å². The molecule has 0 bridgehead atoms. The van der Waals surface area contributed by atoms with E-state index in [-0.39, 0.29) is 29.8 Å². The molecule has 1 aliphatic heterocycles. The molecule has 0 aromatic heterocycles. The average Bonchev–Trinajstić information content (AvgIpc) is 2.57. The number of nitrogens with one attached hydrogen (secondary N) is 1. The van der Waals surface area contributed by atoms with Crippen molar-refractivity contribution >= 4 is 16.0 Å². The van der Waals surface area contributed by atoms with Gasteiger partial charge in [0.2, 0.25) is 10.0 Å². The fourth-order valence-electron chi connectivity index (χ4n) is 2.83. The van der Waals surface area contributed by atoms with Gasteiger partial charge in [-0.05, 0) is 24.6 Å². The van der Waals surface area contributed by atoms with E-state index >= 15 is 0 Å². The van der Waals surface area contributed by atoms with Gasteiger partial charge in [0, 0.05) is 5.92 Å². The summed E-state index contributed by atoms with van der Waals surface area (Å²) in [7, 11) is -3.68. The maximum atomic E-state index is 12.6. The number of rotatable bonds is 4. The third-order valence-corrected chi connectivity index (χ3v) is 5.67. The highest BCUT2D eigenvalue weighted by atomic mass is 32.2. The minimum atomic E-state index is -3.68. The maximum absolute atomic E-state index is 12.6. The van der Waals surface area contributed by atoms with Crippen LogP contribution in [0.15, 0.2) is 59.5 Å². The number of sulfonamides is 1. The van der Waals surface area contributed by atoms with Crippen LogP contribution in [0.1, 0.15) is 23.5 Å². The molecule has 0 unspecified atom stereocenters. The fraction of sp³-hybridized carbons (Fsp3) is 0.278. The lowest BCUT2D eigenvalue weighted by molar-refractivity contribution is -0.148. The second-order valence-corrected chi connectivity index (χ2v) is 7.66. The first-order valence-corrected chi connectivity index (χ1v) is 9.23. The van der Waals surface area contributed by atoms with E-state index in [9.17, 15) is 13.2 Å². The maximum Gasteiger partial charge on any atom is 0.306 e. The number of carbonyl (C=O) groups is 1. The number of hydrogen-bond acceptors (Lipinski definition) is 4. The van der Waals surface area contributed by atoms with Gasteiger partial charge in [-0.2, -0.15) is 0 Å². The molecule has 1 heterocycles. The fourth-order valence-corrected chi connectivity index (χ4v) is 4.09. The number of benzene rings is 2. The average molecular weight is 345 g/mol. The van der Waals surface area contributed by atoms with Crippen LogP contribution in [0, 0.1) is 6.92 Å². The van der Waals surface area contributed by atoms with Gasteiger partial charge in [0.25, 0.3) is 0 Å². The van der Waals surface area contributed by atoms with Crippen molar-refractivity contribution in [2.45, 2.75) is 30.2 Å². The SMILES string of the molecule is Cc1ccc(S(=O)(=O)N[C@@H]2COC(=O)C[C@@H]2c2ccccc2)cc1. The first kappa shape index (κ1) is 16.7. The monoisotopic (exact) mass is 345 g/mol. The number of cyclic esters (lactones) is 1. The van der Waals surface area contributed by atoms with E-state index in [1.54, 1.807) is 24.3 Å². The van der Waals surface area contributed by atoms with Crippen LogP contribution in [0.25, 0.3) is 0 Å². The van der Waals surface area contributed by atoms with Gasteiger partial charge in [-0.1, -0.05) is 48.0 Å². The second kappa shape index (κ2) is 6.75. The van der Waals surface area contributed by atoms with Gasteiger partial charge in [0.05, 0.1) is 17.4 Å². The van der Waals surface area contributed by atoms with Crippen molar-refractivity contribution in [2.24, 2.45) is 0 Å². The lowest BCUT2D eigenvalue weighted by Gasteiger charge is -2.31. The van der Waals surface area contributed by atoms with Crippen molar-refractivity contribution in [3.8, 4) is 0 Å². The molecule has 1 saturated heterocycles. The van der Waals surface area contributed by atoms with Gasteiger partial charge < -0.3 is 4.74 Å².